The number of benzene rings is 18. The molecule has 0 spiro atoms. The third-order valence-electron chi connectivity index (χ3n) is 23.3. The number of carbonyl (C=O) groups excluding carboxylic acids is 10. The van der Waals surface area contributed by atoms with Crippen LogP contribution in [0.2, 0.25) is 0 Å². The summed E-state index contributed by atoms with van der Waals surface area (Å²) in [7, 11) is 6.28. The number of carbonyl (C=O) groups is 10. The third kappa shape index (κ3) is 26.1. The first-order valence-corrected chi connectivity index (χ1v) is 45.9. The Morgan fingerprint density at radius 1 is 0.125 bits per heavy atom. The summed E-state index contributed by atoms with van der Waals surface area (Å²) >= 11 is 0. The smallest absolute Gasteiger partial charge is 0.193 e. The summed E-state index contributed by atoms with van der Waals surface area (Å²) in [6.45, 7) is 8.00. The van der Waals surface area contributed by atoms with Crippen molar-refractivity contribution in [3.05, 3.63) is 570 Å². The number of methoxy groups -OCH3 is 4. The first-order valence-electron chi connectivity index (χ1n) is 45.9. The first kappa shape index (κ1) is 99.5. The molecule has 0 bridgehead atoms. The zero-order valence-corrected chi connectivity index (χ0v) is 79.9. The van der Waals surface area contributed by atoms with Crippen molar-refractivity contribution in [2.45, 2.75) is 27.7 Å². The Kier molecular flexibility index (Phi) is 32.8. The minimum atomic E-state index is -0.203. The summed E-state index contributed by atoms with van der Waals surface area (Å²) in [6, 6.07) is 126. The maximum atomic E-state index is 13.2. The monoisotopic (exact) mass is 1900 g/mol. The average Bonchev–Trinajstić information content (AvgIpc) is 0.815. The predicted molar refractivity (Wildman–Crippen MR) is 556 cm³/mol. The van der Waals surface area contributed by atoms with Gasteiger partial charge in [0.2, 0.25) is 0 Å². The fraction of sp³-hybridized carbons (Fsp3) is 0.0635. The van der Waals surface area contributed by atoms with Gasteiger partial charge in [-0.3, -0.25) is 47.9 Å². The van der Waals surface area contributed by atoms with Gasteiger partial charge in [-0.15, -0.1) is 0 Å². The molecule has 0 radical (unpaired) electrons. The van der Waals surface area contributed by atoms with Crippen LogP contribution < -0.4 is 37.9 Å². The summed E-state index contributed by atoms with van der Waals surface area (Å²) < 4.78 is 44.1. The van der Waals surface area contributed by atoms with E-state index in [9.17, 15) is 47.9 Å². The van der Waals surface area contributed by atoms with E-state index in [4.69, 9.17) is 37.9 Å². The van der Waals surface area contributed by atoms with Crippen LogP contribution in [0.3, 0.4) is 0 Å². The molecule has 0 fully saturated rings. The highest BCUT2D eigenvalue weighted by atomic mass is 16.5. The SMILES string of the molecule is COc1ccc(C(=O)c2ccc(C(=O)c3ccc(Oc4ccc(C(=O)c5ccc(C)cc5)cc4)cc3)cc2)cc1.COc1ccc(C(=O)c2ccc(C(=O)c3ccc(Oc4ccc(C)cc4)cc3)cc2)cc1.COc1ccc(C(=O)c2cccc(C(=O)c3ccc(Oc4ccc(C)cc4)cc3)c2)cc1.COc1cccc(C(=O)c2cccc(C(=O)c3ccc(Oc4ccc(C(=O)c5ccc(C)cc5)cc4)cc3)c2)c1. The van der Waals surface area contributed by atoms with Crippen LogP contribution in [0.15, 0.2) is 437 Å². The second-order valence-electron chi connectivity index (χ2n) is 33.4. The van der Waals surface area contributed by atoms with Gasteiger partial charge in [0.1, 0.15) is 69.0 Å². The Bertz CT molecular complexity index is 7620. The third-order valence-corrected chi connectivity index (χ3v) is 23.3. The molecule has 0 heterocycles. The minimum absolute atomic E-state index is 0.0486. The van der Waals surface area contributed by atoms with Gasteiger partial charge >= 0.3 is 0 Å². The molecule has 0 atom stereocenters. The summed E-state index contributed by atoms with van der Waals surface area (Å²) in [6.07, 6.45) is 0. The molecule has 0 aliphatic rings. The Labute approximate surface area is 834 Å². The number of aryl methyl sites for hydroxylation is 4. The maximum absolute atomic E-state index is 13.2. The normalized spacial score (nSPS) is 10.5. The first-order chi connectivity index (χ1) is 69.9. The van der Waals surface area contributed by atoms with Gasteiger partial charge in [0.15, 0.2) is 57.8 Å². The second kappa shape index (κ2) is 47.4. The van der Waals surface area contributed by atoms with Gasteiger partial charge in [-0.05, 0) is 295 Å². The summed E-state index contributed by atoms with van der Waals surface area (Å²) in [4.78, 5) is 129. The van der Waals surface area contributed by atoms with Crippen LogP contribution in [-0.2, 0) is 0 Å². The summed E-state index contributed by atoms with van der Waals surface area (Å²) in [5, 5.41) is 0. The largest absolute Gasteiger partial charge is 0.497 e. The molecule has 144 heavy (non-hydrogen) atoms. The molecule has 18 nitrogen and oxygen atoms in total. The van der Waals surface area contributed by atoms with Crippen LogP contribution in [0.5, 0.6) is 69.0 Å². The van der Waals surface area contributed by atoms with Crippen LogP contribution in [0.25, 0.3) is 0 Å². The Morgan fingerprint density at radius 2 is 0.243 bits per heavy atom. The molecule has 0 aliphatic heterocycles. The van der Waals surface area contributed by atoms with Crippen molar-refractivity contribution in [1.29, 1.82) is 0 Å². The van der Waals surface area contributed by atoms with Gasteiger partial charge in [0.25, 0.3) is 0 Å². The van der Waals surface area contributed by atoms with Gasteiger partial charge in [-0.25, -0.2) is 0 Å². The van der Waals surface area contributed by atoms with Crippen LogP contribution >= 0.6 is 0 Å². The molecule has 708 valence electrons. The predicted octanol–water partition coefficient (Wildman–Crippen LogP) is 27.5. The molecular weight excluding hydrogens is 1800 g/mol. The molecule has 0 saturated heterocycles. The van der Waals surface area contributed by atoms with E-state index in [1.54, 1.807) is 368 Å². The fourth-order valence-electron chi connectivity index (χ4n) is 15.0. The molecule has 0 aliphatic carbocycles. The van der Waals surface area contributed by atoms with E-state index < -0.39 is 0 Å². The lowest BCUT2D eigenvalue weighted by Crippen LogP contribution is -2.06. The highest BCUT2D eigenvalue weighted by molar-refractivity contribution is 6.17. The highest BCUT2D eigenvalue weighted by Gasteiger charge is 2.22. The van der Waals surface area contributed by atoms with Gasteiger partial charge in [0.05, 0.1) is 28.4 Å². The molecule has 0 amide bonds. The van der Waals surface area contributed by atoms with Crippen molar-refractivity contribution in [3.63, 3.8) is 0 Å². The van der Waals surface area contributed by atoms with Crippen LogP contribution in [0.1, 0.15) is 181 Å². The van der Waals surface area contributed by atoms with Crippen molar-refractivity contribution in [2.24, 2.45) is 0 Å². The molecule has 18 aromatic carbocycles. The standard InChI is InChI=1S/2C35H26O5.2C28H22O4/c1-23-3-5-24(6-4-23)33(36)28-13-19-31(20-14-28)40-32-21-15-29(16-22-32)35(38)26-9-7-25(8-10-26)34(37)27-11-17-30(39-2)18-12-27;1-23-9-11-24(12-10-23)33(36)25-13-17-30(18-14-25)40-31-19-15-26(16-20-31)34(37)27-5-3-6-28(21-27)35(38)29-7-4-8-32(22-29)39-2;1-19-3-13-25(14-4-19)32-26-17-11-23(12-18-26)28(30)21-7-5-20(6-8-21)27(29)22-9-15-24(31-2)16-10-22;1-19-6-12-25(13-7-19)32-26-16-10-21(11-17-26)28(30)23-5-3-4-22(18-23)27(29)20-8-14-24(31-2)15-9-20/h2*3-22H,1-2H3;2*3-18H,1-2H3. The number of rotatable bonds is 32. The van der Waals surface area contributed by atoms with E-state index >= 15 is 0 Å². The molecule has 0 unspecified atom stereocenters. The van der Waals surface area contributed by atoms with Crippen LogP contribution in [0, 0.1) is 27.7 Å². The summed E-state index contributed by atoms with van der Waals surface area (Å²) in [5.41, 5.74) is 14.9. The lowest BCUT2D eigenvalue weighted by atomic mass is 9.97. The number of ether oxygens (including phenoxy) is 8. The van der Waals surface area contributed by atoms with Gasteiger partial charge in [0, 0.05) is 111 Å². The van der Waals surface area contributed by atoms with Crippen molar-refractivity contribution < 1.29 is 85.8 Å². The van der Waals surface area contributed by atoms with Crippen molar-refractivity contribution in [2.75, 3.05) is 28.4 Å². The highest BCUT2D eigenvalue weighted by Crippen LogP contribution is 2.32. The second-order valence-corrected chi connectivity index (χ2v) is 33.4. The number of hydrogen-bond donors (Lipinski definition) is 0. The van der Waals surface area contributed by atoms with E-state index in [-0.39, 0.29) is 57.8 Å². The van der Waals surface area contributed by atoms with Crippen LogP contribution in [-0.4, -0.2) is 86.3 Å². The van der Waals surface area contributed by atoms with Gasteiger partial charge in [-0.2, -0.15) is 0 Å². The summed E-state index contributed by atoms with van der Waals surface area (Å²) in [5.74, 6) is 6.38. The topological polar surface area (TPSA) is 245 Å². The molecule has 0 N–H and O–H groups in total. The Hall–Kier alpha value is -18.9. The van der Waals surface area contributed by atoms with Crippen molar-refractivity contribution >= 4 is 57.8 Å². The molecule has 18 rings (SSSR count). The quantitative estimate of drug-likeness (QED) is 0.0356. The van der Waals surface area contributed by atoms with E-state index in [0.29, 0.717) is 169 Å². The number of hydrogen-bond acceptors (Lipinski definition) is 18. The number of ketones is 10. The van der Waals surface area contributed by atoms with E-state index in [1.807, 2.05) is 125 Å². The average molecular weight is 1900 g/mol. The van der Waals surface area contributed by atoms with Crippen molar-refractivity contribution in [1.82, 2.24) is 0 Å². The molecule has 0 aromatic heterocycles. The zero-order chi connectivity index (χ0) is 101. The van der Waals surface area contributed by atoms with Gasteiger partial charge in [-0.1, -0.05) is 192 Å². The molecular formula is C126H96O18. The van der Waals surface area contributed by atoms with Crippen molar-refractivity contribution in [3.8, 4) is 69.0 Å². The van der Waals surface area contributed by atoms with Crippen LogP contribution in [0.4, 0.5) is 0 Å². The maximum Gasteiger partial charge on any atom is 0.193 e. The lowest BCUT2D eigenvalue weighted by molar-refractivity contribution is 0.102. The molecule has 18 aromatic rings. The lowest BCUT2D eigenvalue weighted by Gasteiger charge is -2.09. The van der Waals surface area contributed by atoms with E-state index in [0.717, 1.165) is 33.8 Å². The minimum Gasteiger partial charge on any atom is -0.497 e. The Balaban J connectivity index is 0.000000145. The fourth-order valence-corrected chi connectivity index (χ4v) is 15.0. The van der Waals surface area contributed by atoms with E-state index in [1.165, 1.54) is 0 Å². The zero-order valence-electron chi connectivity index (χ0n) is 79.9. The Morgan fingerprint density at radius 3 is 0.417 bits per heavy atom. The molecule has 18 heteroatoms. The van der Waals surface area contributed by atoms with Gasteiger partial charge < -0.3 is 37.9 Å². The van der Waals surface area contributed by atoms with E-state index in [2.05, 4.69) is 0 Å². The molecule has 0 saturated carbocycles.